The van der Waals surface area contributed by atoms with E-state index < -0.39 is 17.3 Å². The van der Waals surface area contributed by atoms with Crippen molar-refractivity contribution in [3.8, 4) is 5.75 Å². The molecule has 0 aromatic heterocycles. The maximum atomic E-state index is 14.7. The summed E-state index contributed by atoms with van der Waals surface area (Å²) < 4.78 is 12.2. The number of fused-ring (bicyclic) bond motifs is 1. The highest BCUT2D eigenvalue weighted by Gasteiger charge is 2.66. The second-order valence-corrected chi connectivity index (χ2v) is 10.8. The van der Waals surface area contributed by atoms with Crippen LogP contribution in [-0.2, 0) is 9.53 Å². The number of methoxy groups -OCH3 is 1. The molecule has 3 aromatic carbocycles. The van der Waals surface area contributed by atoms with Crippen molar-refractivity contribution in [3.63, 3.8) is 0 Å². The minimum atomic E-state index is -1.26. The van der Waals surface area contributed by atoms with Crippen LogP contribution in [0.15, 0.2) is 90.5 Å². The first kappa shape index (κ1) is 24.1. The average Bonchev–Trinajstić information content (AvgIpc) is 3.25. The lowest BCUT2D eigenvalue weighted by molar-refractivity contribution is -0.330. The van der Waals surface area contributed by atoms with Crippen molar-refractivity contribution in [2.24, 2.45) is 11.3 Å². The van der Waals surface area contributed by atoms with E-state index >= 15 is 0 Å². The van der Waals surface area contributed by atoms with E-state index in [1.165, 1.54) is 0 Å². The first-order valence-corrected chi connectivity index (χ1v) is 13.4. The summed E-state index contributed by atoms with van der Waals surface area (Å²) in [6.45, 7) is 0. The Morgan fingerprint density at radius 2 is 1.59 bits per heavy atom. The van der Waals surface area contributed by atoms with Crippen molar-refractivity contribution in [1.82, 2.24) is 0 Å². The lowest BCUT2D eigenvalue weighted by Crippen LogP contribution is -2.59. The van der Waals surface area contributed by atoms with Crippen molar-refractivity contribution in [3.05, 3.63) is 107 Å². The lowest BCUT2D eigenvalue weighted by atomic mass is 9.55. The van der Waals surface area contributed by atoms with E-state index in [0.717, 1.165) is 47.3 Å². The summed E-state index contributed by atoms with van der Waals surface area (Å²) in [5.41, 5.74) is 3.10. The van der Waals surface area contributed by atoms with Crippen LogP contribution in [-0.4, -0.2) is 23.8 Å². The molecule has 4 nitrogen and oxygen atoms in total. The van der Waals surface area contributed by atoms with Gasteiger partial charge in [-0.25, -0.2) is 0 Å². The standard InChI is InChI=1S/C33H34O4/c1-36-27-17-15-24(16-18-27)29-28-14-8-9-20-33(28,35)37-31(25-12-6-3-7-13-25)32(29)21-19-26(30(32)34)22-23-10-4-2-5-11-23/h2-7,10-13,15-18,22,28-29,31,35H,8-9,14,19-21H2,1H3/b26-22+/t28-,29-,31+,32-,33-/m0/s1. The molecule has 3 fully saturated rings. The monoisotopic (exact) mass is 494 g/mol. The molecule has 0 unspecified atom stereocenters. The molecule has 3 aromatic rings. The molecule has 1 aliphatic heterocycles. The highest BCUT2D eigenvalue weighted by Crippen LogP contribution is 2.67. The van der Waals surface area contributed by atoms with Crippen LogP contribution in [0.2, 0.25) is 0 Å². The Morgan fingerprint density at radius 3 is 2.30 bits per heavy atom. The van der Waals surface area contributed by atoms with Gasteiger partial charge in [-0.3, -0.25) is 4.79 Å². The Labute approximate surface area is 218 Å². The number of hydrogen-bond acceptors (Lipinski definition) is 4. The van der Waals surface area contributed by atoms with Gasteiger partial charge in [0.15, 0.2) is 11.6 Å². The van der Waals surface area contributed by atoms with Gasteiger partial charge in [0.25, 0.3) is 0 Å². The van der Waals surface area contributed by atoms with Crippen molar-refractivity contribution >= 4 is 11.9 Å². The van der Waals surface area contributed by atoms with Gasteiger partial charge in [0, 0.05) is 18.3 Å². The maximum Gasteiger partial charge on any atom is 0.169 e. The Balaban J connectivity index is 1.55. The van der Waals surface area contributed by atoms with Crippen LogP contribution < -0.4 is 4.74 Å². The molecule has 0 bridgehead atoms. The molecule has 1 saturated heterocycles. The summed E-state index contributed by atoms with van der Waals surface area (Å²) in [6.07, 6.45) is 6.26. The van der Waals surface area contributed by atoms with Crippen LogP contribution in [0, 0.1) is 11.3 Å². The first-order valence-electron chi connectivity index (χ1n) is 13.4. The molecular weight excluding hydrogens is 460 g/mol. The largest absolute Gasteiger partial charge is 0.497 e. The van der Waals surface area contributed by atoms with Gasteiger partial charge in [-0.15, -0.1) is 0 Å². The molecule has 1 N–H and O–H groups in total. The fourth-order valence-electron chi connectivity index (χ4n) is 7.20. The third-order valence-corrected chi connectivity index (χ3v) is 8.87. The highest BCUT2D eigenvalue weighted by molar-refractivity contribution is 6.07. The lowest BCUT2D eigenvalue weighted by Gasteiger charge is -2.58. The average molecular weight is 495 g/mol. The summed E-state index contributed by atoms with van der Waals surface area (Å²) in [6, 6.07) is 28.2. The fraction of sp³-hybridized carbons (Fsp3) is 0.364. The second-order valence-electron chi connectivity index (χ2n) is 10.8. The summed E-state index contributed by atoms with van der Waals surface area (Å²) in [5, 5.41) is 12.0. The van der Waals surface area contributed by atoms with Gasteiger partial charge in [0.1, 0.15) is 5.75 Å². The van der Waals surface area contributed by atoms with Gasteiger partial charge in [-0.1, -0.05) is 79.2 Å². The molecule has 190 valence electrons. The van der Waals surface area contributed by atoms with Crippen molar-refractivity contribution in [2.45, 2.75) is 56.3 Å². The summed E-state index contributed by atoms with van der Waals surface area (Å²) in [5.74, 6) is -0.656. The molecule has 2 saturated carbocycles. The Bertz CT molecular complexity index is 1280. The topological polar surface area (TPSA) is 55.8 Å². The van der Waals surface area contributed by atoms with Gasteiger partial charge in [-0.2, -0.15) is 0 Å². The van der Waals surface area contributed by atoms with E-state index in [1.54, 1.807) is 7.11 Å². The molecule has 37 heavy (non-hydrogen) atoms. The van der Waals surface area contributed by atoms with E-state index in [2.05, 4.69) is 12.1 Å². The van der Waals surface area contributed by atoms with Gasteiger partial charge >= 0.3 is 0 Å². The number of ketones is 1. The molecule has 5 atom stereocenters. The second kappa shape index (κ2) is 9.59. The van der Waals surface area contributed by atoms with E-state index in [9.17, 15) is 9.90 Å². The molecular formula is C33H34O4. The van der Waals surface area contributed by atoms with Crippen molar-refractivity contribution < 1.29 is 19.4 Å². The van der Waals surface area contributed by atoms with Crippen LogP contribution in [0.1, 0.15) is 67.2 Å². The van der Waals surface area contributed by atoms with Crippen LogP contribution in [0.3, 0.4) is 0 Å². The van der Waals surface area contributed by atoms with Gasteiger partial charge in [0.05, 0.1) is 18.6 Å². The molecule has 0 radical (unpaired) electrons. The predicted molar refractivity (Wildman–Crippen MR) is 144 cm³/mol. The number of rotatable bonds is 4. The normalized spacial score (nSPS) is 32.4. The van der Waals surface area contributed by atoms with Crippen molar-refractivity contribution in [1.29, 1.82) is 0 Å². The van der Waals surface area contributed by atoms with Gasteiger partial charge in [-0.05, 0) is 66.2 Å². The minimum Gasteiger partial charge on any atom is -0.497 e. The molecule has 4 heteroatoms. The van der Waals surface area contributed by atoms with Crippen LogP contribution in [0.5, 0.6) is 5.75 Å². The van der Waals surface area contributed by atoms with Gasteiger partial charge in [0.2, 0.25) is 0 Å². The molecule has 6 rings (SSSR count). The van der Waals surface area contributed by atoms with E-state index in [0.29, 0.717) is 19.3 Å². The highest BCUT2D eigenvalue weighted by atomic mass is 16.6. The molecule has 0 amide bonds. The first-order chi connectivity index (χ1) is 18.0. The van der Waals surface area contributed by atoms with Crippen LogP contribution in [0.25, 0.3) is 6.08 Å². The maximum absolute atomic E-state index is 14.7. The fourth-order valence-corrected chi connectivity index (χ4v) is 7.20. The Kier molecular flexibility index (Phi) is 6.26. The summed E-state index contributed by atoms with van der Waals surface area (Å²) >= 11 is 0. The number of ether oxygens (including phenoxy) is 2. The number of Topliss-reactive ketones (excluding diaryl/α,β-unsaturated/α-hetero) is 1. The van der Waals surface area contributed by atoms with Crippen LogP contribution >= 0.6 is 0 Å². The summed E-state index contributed by atoms with van der Waals surface area (Å²) in [7, 11) is 1.66. The molecule has 1 heterocycles. The smallest absolute Gasteiger partial charge is 0.169 e. The SMILES string of the molecule is COc1ccc([C@H]2[C@@H]3CCCC[C@]3(O)O[C@H](c3ccccc3)[C@@]23CC/C(=C\c2ccccc2)C3=O)cc1. The molecule has 3 aliphatic rings. The Hall–Kier alpha value is -3.21. The number of carbonyl (C=O) groups excluding carboxylic acids is 1. The van der Waals surface area contributed by atoms with E-state index in [-0.39, 0.29) is 17.6 Å². The summed E-state index contributed by atoms with van der Waals surface area (Å²) in [4.78, 5) is 14.7. The Morgan fingerprint density at radius 1 is 0.892 bits per heavy atom. The number of allylic oxidation sites excluding steroid dienone is 1. The van der Waals surface area contributed by atoms with Crippen LogP contribution in [0.4, 0.5) is 0 Å². The van der Waals surface area contributed by atoms with Gasteiger partial charge < -0.3 is 14.6 Å². The number of benzene rings is 3. The van der Waals surface area contributed by atoms with E-state index in [1.807, 2.05) is 78.9 Å². The quantitative estimate of drug-likeness (QED) is 0.403. The number of carbonyl (C=O) groups is 1. The zero-order valence-electron chi connectivity index (χ0n) is 21.3. The van der Waals surface area contributed by atoms with E-state index in [4.69, 9.17) is 9.47 Å². The predicted octanol–water partition coefficient (Wildman–Crippen LogP) is 6.86. The third-order valence-electron chi connectivity index (χ3n) is 8.87. The molecule has 2 aliphatic carbocycles. The number of aliphatic hydroxyl groups is 1. The van der Waals surface area contributed by atoms with Crippen molar-refractivity contribution in [2.75, 3.05) is 7.11 Å². The molecule has 1 spiro atoms. The minimum absolute atomic E-state index is 0.152. The number of hydrogen-bond donors (Lipinski definition) is 1. The zero-order chi connectivity index (χ0) is 25.5. The zero-order valence-corrected chi connectivity index (χ0v) is 21.3. The third kappa shape index (κ3) is 4.03.